The lowest BCUT2D eigenvalue weighted by molar-refractivity contribution is -0.147. The lowest BCUT2D eigenvalue weighted by atomic mass is 10.1. The van der Waals surface area contributed by atoms with Crippen LogP contribution in [0.5, 0.6) is 0 Å². The van der Waals surface area contributed by atoms with E-state index in [1.807, 2.05) is 0 Å². The molecule has 1 aromatic carbocycles. The molecule has 0 spiro atoms. The lowest BCUT2D eigenvalue weighted by Crippen LogP contribution is -2.14. The molecule has 2 atom stereocenters. The van der Waals surface area contributed by atoms with E-state index >= 15 is 0 Å². The molecule has 25 heavy (non-hydrogen) atoms. The van der Waals surface area contributed by atoms with Crippen LogP contribution in [0.1, 0.15) is 25.0 Å². The van der Waals surface area contributed by atoms with Crippen LogP contribution in [0, 0.1) is 58.8 Å². The van der Waals surface area contributed by atoms with Gasteiger partial charge in [0.15, 0.2) is 29.1 Å². The minimum absolute atomic E-state index is 0.624. The Hall–Kier alpha value is -2.43. The third-order valence-corrected chi connectivity index (χ3v) is 4.53. The van der Waals surface area contributed by atoms with Crippen LogP contribution >= 0.6 is 0 Å². The van der Waals surface area contributed by atoms with Crippen molar-refractivity contribution < 1.29 is 31.5 Å². The van der Waals surface area contributed by atoms with Crippen molar-refractivity contribution in [3.8, 4) is 6.07 Å². The standard InChI is InChI=1S/C17H14F5NO2/c1-7-12(19)14(21)9(15(22)13(7)20)6-25-16(24)11-10(17(11,2)3)4-8(18)5-23/h4,10-11H,6H2,1-3H3/t10-,11-/m0/s1. The Morgan fingerprint density at radius 1 is 1.20 bits per heavy atom. The highest BCUT2D eigenvalue weighted by Crippen LogP contribution is 2.60. The van der Waals surface area contributed by atoms with Gasteiger partial charge in [0.2, 0.25) is 0 Å². The second-order valence-corrected chi connectivity index (χ2v) is 6.42. The zero-order valence-corrected chi connectivity index (χ0v) is 13.6. The van der Waals surface area contributed by atoms with Crippen molar-refractivity contribution in [2.45, 2.75) is 27.4 Å². The Kier molecular flexibility index (Phi) is 4.89. The number of ether oxygens (including phenoxy) is 1. The fourth-order valence-electron chi connectivity index (χ4n) is 2.78. The van der Waals surface area contributed by atoms with Crippen LogP contribution in [0.2, 0.25) is 0 Å². The van der Waals surface area contributed by atoms with E-state index in [4.69, 9.17) is 10.00 Å². The first kappa shape index (κ1) is 18.9. The molecule has 1 aliphatic carbocycles. The number of carbonyl (C=O) groups excluding carboxylic acids is 1. The summed E-state index contributed by atoms with van der Waals surface area (Å²) in [6.07, 6.45) is 0.971. The number of nitrogens with zero attached hydrogens (tertiary/aromatic N) is 1. The Labute approximate surface area is 140 Å². The molecule has 8 heteroatoms. The van der Waals surface area contributed by atoms with Crippen LogP contribution < -0.4 is 0 Å². The minimum Gasteiger partial charge on any atom is -0.460 e. The normalized spacial score (nSPS) is 21.6. The van der Waals surface area contributed by atoms with E-state index in [2.05, 4.69) is 0 Å². The number of rotatable bonds is 4. The summed E-state index contributed by atoms with van der Waals surface area (Å²) in [6, 6.07) is 1.28. The van der Waals surface area contributed by atoms with Gasteiger partial charge in [0.25, 0.3) is 0 Å². The molecule has 3 nitrogen and oxygen atoms in total. The van der Waals surface area contributed by atoms with Crippen LogP contribution in [-0.4, -0.2) is 5.97 Å². The Morgan fingerprint density at radius 3 is 2.20 bits per heavy atom. The Bertz CT molecular complexity index is 781. The number of carbonyl (C=O) groups is 1. The highest BCUT2D eigenvalue weighted by molar-refractivity contribution is 5.78. The molecule has 0 bridgehead atoms. The zero-order valence-electron chi connectivity index (χ0n) is 13.6. The molecule has 0 amide bonds. The van der Waals surface area contributed by atoms with Crippen LogP contribution in [-0.2, 0) is 16.1 Å². The summed E-state index contributed by atoms with van der Waals surface area (Å²) < 4.78 is 72.3. The number of nitriles is 1. The number of hydrogen-bond acceptors (Lipinski definition) is 3. The van der Waals surface area contributed by atoms with Crippen molar-refractivity contribution in [1.82, 2.24) is 0 Å². The molecule has 1 fully saturated rings. The molecule has 1 saturated carbocycles. The van der Waals surface area contributed by atoms with Gasteiger partial charge in [-0.25, -0.2) is 17.6 Å². The van der Waals surface area contributed by atoms with Gasteiger partial charge in [-0.2, -0.15) is 9.65 Å². The van der Waals surface area contributed by atoms with Gasteiger partial charge in [-0.3, -0.25) is 4.79 Å². The average molecular weight is 359 g/mol. The summed E-state index contributed by atoms with van der Waals surface area (Å²) in [5.74, 6) is -9.82. The SMILES string of the molecule is Cc1c(F)c(F)c(COC(=O)[C@@H]2[C@H](C=C(F)C#N)C2(C)C)c(F)c1F. The second kappa shape index (κ2) is 6.47. The molecule has 0 saturated heterocycles. The van der Waals surface area contributed by atoms with Crippen molar-refractivity contribution in [1.29, 1.82) is 5.26 Å². The van der Waals surface area contributed by atoms with E-state index in [-0.39, 0.29) is 0 Å². The van der Waals surface area contributed by atoms with Gasteiger partial charge in [0, 0.05) is 11.5 Å². The first-order valence-electron chi connectivity index (χ1n) is 7.29. The molecule has 0 aromatic heterocycles. The Balaban J connectivity index is 2.16. The number of allylic oxidation sites excluding steroid dienone is 2. The molecular weight excluding hydrogens is 345 g/mol. The van der Waals surface area contributed by atoms with Crippen LogP contribution in [0.3, 0.4) is 0 Å². The van der Waals surface area contributed by atoms with Gasteiger partial charge in [0.05, 0.1) is 11.5 Å². The van der Waals surface area contributed by atoms with Gasteiger partial charge in [0.1, 0.15) is 12.7 Å². The van der Waals surface area contributed by atoms with Crippen molar-refractivity contribution in [2.75, 3.05) is 0 Å². The quantitative estimate of drug-likeness (QED) is 0.350. The second-order valence-electron chi connectivity index (χ2n) is 6.42. The van der Waals surface area contributed by atoms with E-state index < -0.39 is 70.0 Å². The van der Waals surface area contributed by atoms with E-state index in [9.17, 15) is 26.7 Å². The molecule has 0 N–H and O–H groups in total. The molecular formula is C17H14F5NO2. The highest BCUT2D eigenvalue weighted by Gasteiger charge is 2.61. The number of hydrogen-bond donors (Lipinski definition) is 0. The fraction of sp³-hybridized carbons (Fsp3) is 0.412. The maximum Gasteiger partial charge on any atom is 0.310 e. The van der Waals surface area contributed by atoms with E-state index in [0.29, 0.717) is 0 Å². The largest absolute Gasteiger partial charge is 0.460 e. The minimum atomic E-state index is -1.63. The monoisotopic (exact) mass is 359 g/mol. The van der Waals surface area contributed by atoms with E-state index in [1.165, 1.54) is 6.07 Å². The predicted octanol–water partition coefficient (Wildman–Crippen LogP) is 4.24. The van der Waals surface area contributed by atoms with Gasteiger partial charge in [-0.05, 0) is 18.4 Å². The van der Waals surface area contributed by atoms with Crippen molar-refractivity contribution in [2.24, 2.45) is 17.3 Å². The average Bonchev–Trinajstić information content (AvgIpc) is 3.10. The molecule has 0 radical (unpaired) electrons. The molecule has 1 aromatic rings. The summed E-state index contributed by atoms with van der Waals surface area (Å²) in [5.41, 5.74) is -2.57. The highest BCUT2D eigenvalue weighted by atomic mass is 19.2. The maximum atomic E-state index is 13.7. The van der Waals surface area contributed by atoms with Gasteiger partial charge in [-0.15, -0.1) is 0 Å². The first-order valence-corrected chi connectivity index (χ1v) is 7.29. The third kappa shape index (κ3) is 3.23. The summed E-state index contributed by atoms with van der Waals surface area (Å²) in [7, 11) is 0. The van der Waals surface area contributed by atoms with Crippen molar-refractivity contribution in [3.63, 3.8) is 0 Å². The summed E-state index contributed by atoms with van der Waals surface area (Å²) >= 11 is 0. The molecule has 1 aliphatic rings. The van der Waals surface area contributed by atoms with E-state index in [1.54, 1.807) is 13.8 Å². The summed E-state index contributed by atoms with van der Waals surface area (Å²) in [6.45, 7) is 3.11. The van der Waals surface area contributed by atoms with E-state index in [0.717, 1.165) is 13.0 Å². The maximum absolute atomic E-state index is 13.7. The molecule has 2 rings (SSSR count). The number of esters is 1. The molecule has 0 unspecified atom stereocenters. The van der Waals surface area contributed by atoms with Crippen LogP contribution in [0.25, 0.3) is 0 Å². The van der Waals surface area contributed by atoms with Gasteiger partial charge >= 0.3 is 5.97 Å². The predicted molar refractivity (Wildman–Crippen MR) is 76.4 cm³/mol. The first-order chi connectivity index (χ1) is 11.5. The summed E-state index contributed by atoms with van der Waals surface area (Å²) in [5, 5.41) is 8.43. The fourth-order valence-corrected chi connectivity index (χ4v) is 2.78. The third-order valence-electron chi connectivity index (χ3n) is 4.53. The zero-order chi connectivity index (χ0) is 19.1. The number of benzene rings is 1. The Morgan fingerprint density at radius 2 is 1.72 bits per heavy atom. The molecule has 134 valence electrons. The lowest BCUT2D eigenvalue weighted by Gasteiger charge is -2.10. The van der Waals surface area contributed by atoms with Crippen molar-refractivity contribution >= 4 is 5.97 Å². The van der Waals surface area contributed by atoms with Crippen molar-refractivity contribution in [3.05, 3.63) is 46.3 Å². The molecule has 0 heterocycles. The van der Waals surface area contributed by atoms with Crippen LogP contribution in [0.15, 0.2) is 11.9 Å². The summed E-state index contributed by atoms with van der Waals surface area (Å²) in [4.78, 5) is 12.0. The van der Waals surface area contributed by atoms with Gasteiger partial charge in [-0.1, -0.05) is 13.8 Å². The number of halogens is 5. The smallest absolute Gasteiger partial charge is 0.310 e. The van der Waals surface area contributed by atoms with Gasteiger partial charge < -0.3 is 4.74 Å². The molecule has 0 aliphatic heterocycles. The van der Waals surface area contributed by atoms with Crippen LogP contribution in [0.4, 0.5) is 22.0 Å². The topological polar surface area (TPSA) is 50.1 Å².